The predicted molar refractivity (Wildman–Crippen MR) is 77.6 cm³/mol. The summed E-state index contributed by atoms with van der Waals surface area (Å²) in [5.74, 6) is -1.08. The fourth-order valence-corrected chi connectivity index (χ4v) is 3.61. The third-order valence-corrected chi connectivity index (χ3v) is 4.32. The lowest BCUT2D eigenvalue weighted by atomic mass is 10.1. The number of hydrogen-bond acceptors (Lipinski definition) is 6. The van der Waals surface area contributed by atoms with Crippen LogP contribution in [0.1, 0.15) is 25.1 Å². The second kappa shape index (κ2) is 6.21. The number of thioether (sulfide) groups is 1. The van der Waals surface area contributed by atoms with Crippen LogP contribution in [-0.4, -0.2) is 28.1 Å². The maximum absolute atomic E-state index is 10.9. The van der Waals surface area contributed by atoms with Crippen LogP contribution >= 0.6 is 23.1 Å². The van der Waals surface area contributed by atoms with Gasteiger partial charge in [0, 0.05) is 18.4 Å². The zero-order valence-electron chi connectivity index (χ0n) is 10.6. The zero-order chi connectivity index (χ0) is 13.8. The van der Waals surface area contributed by atoms with Crippen LogP contribution in [0.3, 0.4) is 0 Å². The quantitative estimate of drug-likeness (QED) is 0.901. The Balaban J connectivity index is 2.25. The molecule has 2 heterocycles. The van der Waals surface area contributed by atoms with Gasteiger partial charge in [-0.25, -0.2) is 0 Å². The van der Waals surface area contributed by atoms with Crippen molar-refractivity contribution in [3.63, 3.8) is 0 Å². The lowest BCUT2D eigenvalue weighted by Gasteiger charge is -2.24. The van der Waals surface area contributed by atoms with Gasteiger partial charge in [-0.1, -0.05) is 17.8 Å². The Labute approximate surface area is 119 Å². The number of rotatable bonds is 4. The van der Waals surface area contributed by atoms with Gasteiger partial charge in [-0.2, -0.15) is 5.10 Å². The number of thiophene rings is 1. The van der Waals surface area contributed by atoms with E-state index >= 15 is 0 Å². The molecule has 0 unspecified atom stereocenters. The Kier molecular flexibility index (Phi) is 4.60. The molecule has 1 aromatic rings. The highest BCUT2D eigenvalue weighted by molar-refractivity contribution is 8.15. The largest absolute Gasteiger partial charge is 0.550 e. The summed E-state index contributed by atoms with van der Waals surface area (Å²) in [6.07, 6.45) is -0.0693. The minimum absolute atomic E-state index is 0.0693. The molecule has 0 aliphatic carbocycles. The number of carboxylic acids is 1. The van der Waals surface area contributed by atoms with E-state index in [1.165, 1.54) is 23.1 Å². The summed E-state index contributed by atoms with van der Waals surface area (Å²) in [6.45, 7) is 3.92. The number of nitrogens with zero attached hydrogens (tertiary/aromatic N) is 2. The summed E-state index contributed by atoms with van der Waals surface area (Å²) in [5.41, 5.74) is 3.63. The van der Waals surface area contributed by atoms with Gasteiger partial charge >= 0.3 is 0 Å². The van der Waals surface area contributed by atoms with Crippen LogP contribution in [0.25, 0.3) is 0 Å². The maximum Gasteiger partial charge on any atom is 0.178 e. The second-order valence-electron chi connectivity index (χ2n) is 4.30. The molecule has 2 rings (SSSR count). The number of hydrogen-bond donors (Lipinski definition) is 1. The van der Waals surface area contributed by atoms with Crippen molar-refractivity contribution in [2.24, 2.45) is 10.1 Å². The van der Waals surface area contributed by atoms with Crippen molar-refractivity contribution in [3.8, 4) is 0 Å². The van der Waals surface area contributed by atoms with Gasteiger partial charge in [0.05, 0.1) is 15.8 Å². The third-order valence-electron chi connectivity index (χ3n) is 2.33. The molecule has 5 nitrogen and oxygen atoms in total. The summed E-state index contributed by atoms with van der Waals surface area (Å²) < 4.78 is 0. The fourth-order valence-electron chi connectivity index (χ4n) is 1.62. The number of nitrogens with one attached hydrogen (secondary N) is 1. The van der Waals surface area contributed by atoms with E-state index in [-0.39, 0.29) is 17.7 Å². The molecule has 0 amide bonds. The Bertz CT molecular complexity index is 509. The van der Waals surface area contributed by atoms with Crippen molar-refractivity contribution in [2.75, 3.05) is 0 Å². The van der Waals surface area contributed by atoms with Gasteiger partial charge in [0.2, 0.25) is 0 Å². The third kappa shape index (κ3) is 3.81. The van der Waals surface area contributed by atoms with Crippen LogP contribution in [0.2, 0.25) is 0 Å². The highest BCUT2D eigenvalue weighted by Gasteiger charge is 2.26. The van der Waals surface area contributed by atoms with Gasteiger partial charge in [0.15, 0.2) is 5.17 Å². The molecule has 1 atom stereocenters. The van der Waals surface area contributed by atoms with Crippen LogP contribution in [0.4, 0.5) is 0 Å². The Morgan fingerprint density at radius 2 is 2.42 bits per heavy atom. The van der Waals surface area contributed by atoms with Gasteiger partial charge in [-0.05, 0) is 25.3 Å². The van der Waals surface area contributed by atoms with Crippen molar-refractivity contribution in [1.82, 2.24) is 5.43 Å². The number of aliphatic carboxylic acids is 1. The van der Waals surface area contributed by atoms with Crippen molar-refractivity contribution >= 4 is 39.9 Å². The first-order valence-electron chi connectivity index (χ1n) is 5.88. The van der Waals surface area contributed by atoms with Crippen LogP contribution in [0.15, 0.2) is 27.6 Å². The van der Waals surface area contributed by atoms with Gasteiger partial charge in [-0.3, -0.25) is 10.4 Å². The molecule has 0 spiro atoms. The number of carbonyl (C=O) groups is 1. The second-order valence-corrected chi connectivity index (χ2v) is 6.44. The van der Waals surface area contributed by atoms with E-state index in [4.69, 9.17) is 0 Å². The van der Waals surface area contributed by atoms with Crippen LogP contribution in [0.5, 0.6) is 0 Å². The zero-order valence-corrected chi connectivity index (χ0v) is 12.3. The molecule has 0 fully saturated rings. The highest BCUT2D eigenvalue weighted by Crippen LogP contribution is 2.26. The molecule has 1 aliphatic heterocycles. The minimum Gasteiger partial charge on any atom is -0.550 e. The molecule has 19 heavy (non-hydrogen) atoms. The number of amidine groups is 1. The van der Waals surface area contributed by atoms with Gasteiger partial charge in [0.1, 0.15) is 0 Å². The fraction of sp³-hybridized carbons (Fsp3) is 0.417. The molecule has 0 saturated carbocycles. The highest BCUT2D eigenvalue weighted by atomic mass is 32.2. The topological polar surface area (TPSA) is 76.9 Å². The summed E-state index contributed by atoms with van der Waals surface area (Å²) in [4.78, 5) is 16.2. The lowest BCUT2D eigenvalue weighted by Crippen LogP contribution is -2.37. The number of aliphatic imine (C=N–C) groups is 1. The number of hydrazone groups is 1. The Morgan fingerprint density at radius 3 is 3.00 bits per heavy atom. The summed E-state index contributed by atoms with van der Waals surface area (Å²) in [6, 6.07) is 3.98. The van der Waals surface area contributed by atoms with Crippen molar-refractivity contribution in [1.29, 1.82) is 0 Å². The Hall–Kier alpha value is -1.34. The van der Waals surface area contributed by atoms with Crippen LogP contribution in [-0.2, 0) is 4.79 Å². The molecule has 0 bridgehead atoms. The molecular weight excluding hydrogens is 282 g/mol. The van der Waals surface area contributed by atoms with E-state index in [1.54, 1.807) is 0 Å². The normalized spacial score (nSPS) is 21.3. The molecule has 0 saturated heterocycles. The van der Waals surface area contributed by atoms with E-state index in [0.29, 0.717) is 5.17 Å². The van der Waals surface area contributed by atoms with Crippen molar-refractivity contribution < 1.29 is 9.90 Å². The summed E-state index contributed by atoms with van der Waals surface area (Å²) in [7, 11) is 0. The standard InChI is InChI=1S/C12H15N3O2S2/c1-7(2)13-12-15-14-11(8-4-3-5-18-8)9(19-12)6-10(16)17/h3-5,7,9H,6H2,1-2H3,(H,13,15)(H,16,17)/p-1/t9-/m0/s1. The molecule has 1 N–H and O–H groups in total. The number of carboxylic acid groups (broad SMARTS) is 1. The minimum atomic E-state index is -1.08. The SMILES string of the molecule is CC(C)N=C1NN=C(c2cccs2)[C@H](CC(=O)[O-])S1. The van der Waals surface area contributed by atoms with E-state index in [0.717, 1.165) is 10.6 Å². The van der Waals surface area contributed by atoms with Gasteiger partial charge in [0.25, 0.3) is 0 Å². The predicted octanol–water partition coefficient (Wildman–Crippen LogP) is 1.06. The monoisotopic (exact) mass is 296 g/mol. The average molecular weight is 296 g/mol. The van der Waals surface area contributed by atoms with Crippen LogP contribution < -0.4 is 10.5 Å². The molecule has 102 valence electrons. The average Bonchev–Trinajstić information content (AvgIpc) is 2.81. The summed E-state index contributed by atoms with van der Waals surface area (Å²) >= 11 is 2.93. The van der Waals surface area contributed by atoms with E-state index in [9.17, 15) is 9.90 Å². The number of carbonyl (C=O) groups excluding carboxylic acids is 1. The first kappa shape index (κ1) is 14.1. The van der Waals surface area contributed by atoms with Crippen LogP contribution in [0, 0.1) is 0 Å². The van der Waals surface area contributed by atoms with Crippen molar-refractivity contribution in [3.05, 3.63) is 22.4 Å². The van der Waals surface area contributed by atoms with E-state index < -0.39 is 5.97 Å². The molecule has 7 heteroatoms. The molecule has 1 aliphatic rings. The maximum atomic E-state index is 10.9. The van der Waals surface area contributed by atoms with Gasteiger partial charge in [-0.15, -0.1) is 11.3 Å². The molecule has 0 aromatic carbocycles. The Morgan fingerprint density at radius 1 is 1.63 bits per heavy atom. The molecular formula is C12H14N3O2S2-. The first-order valence-corrected chi connectivity index (χ1v) is 7.64. The molecule has 0 radical (unpaired) electrons. The molecule has 1 aromatic heterocycles. The van der Waals surface area contributed by atoms with E-state index in [1.807, 2.05) is 31.4 Å². The van der Waals surface area contributed by atoms with Crippen molar-refractivity contribution in [2.45, 2.75) is 31.6 Å². The summed E-state index contributed by atoms with van der Waals surface area (Å²) in [5, 5.41) is 17.5. The van der Waals surface area contributed by atoms with E-state index in [2.05, 4.69) is 15.5 Å². The first-order chi connectivity index (χ1) is 9.06. The smallest absolute Gasteiger partial charge is 0.178 e. The lowest BCUT2D eigenvalue weighted by molar-refractivity contribution is -0.305. The van der Waals surface area contributed by atoms with Gasteiger partial charge < -0.3 is 9.90 Å².